The number of thiophene rings is 1. The Morgan fingerprint density at radius 3 is 2.33 bits per heavy atom. The van der Waals surface area contributed by atoms with Gasteiger partial charge in [0.15, 0.2) is 11.4 Å². The third-order valence-corrected chi connectivity index (χ3v) is 9.10. The zero-order valence-corrected chi connectivity index (χ0v) is 25.5. The summed E-state index contributed by atoms with van der Waals surface area (Å²) in [4.78, 5) is 18.6. The summed E-state index contributed by atoms with van der Waals surface area (Å²) in [6.07, 6.45) is 5.04. The number of aromatic nitrogens is 1. The molecule has 0 amide bonds. The number of aliphatic hydroxyl groups is 2. The van der Waals surface area contributed by atoms with E-state index in [1.807, 2.05) is 60.7 Å². The molecule has 8 nitrogen and oxygen atoms in total. The third kappa shape index (κ3) is 6.83. The van der Waals surface area contributed by atoms with Crippen molar-refractivity contribution >= 4 is 23.2 Å². The minimum absolute atomic E-state index is 0.0596. The second-order valence-corrected chi connectivity index (χ2v) is 12.3. The lowest BCUT2D eigenvalue weighted by molar-refractivity contribution is -0.114. The number of phenols is 1. The van der Waals surface area contributed by atoms with Crippen molar-refractivity contribution in [2.45, 2.75) is 37.6 Å². The highest BCUT2D eigenvalue weighted by molar-refractivity contribution is 7.11. The van der Waals surface area contributed by atoms with Gasteiger partial charge in [0.25, 0.3) is 0 Å². The summed E-state index contributed by atoms with van der Waals surface area (Å²) in [5, 5.41) is 39.5. The second-order valence-electron chi connectivity index (χ2n) is 11.1. The van der Waals surface area contributed by atoms with Gasteiger partial charge in [-0.25, -0.2) is 4.98 Å². The van der Waals surface area contributed by atoms with Crippen molar-refractivity contribution in [2.24, 2.45) is 0 Å². The number of nitrogens with one attached hydrogen (secondary N) is 2. The third-order valence-electron chi connectivity index (χ3n) is 7.96. The van der Waals surface area contributed by atoms with Gasteiger partial charge in [0.1, 0.15) is 11.5 Å². The van der Waals surface area contributed by atoms with Gasteiger partial charge in [-0.2, -0.15) is 0 Å². The van der Waals surface area contributed by atoms with Crippen LogP contribution in [0.1, 0.15) is 55.3 Å². The van der Waals surface area contributed by atoms with Gasteiger partial charge in [-0.15, -0.1) is 11.3 Å². The second kappa shape index (κ2) is 13.7. The molecule has 1 aliphatic carbocycles. The predicted molar refractivity (Wildman–Crippen MR) is 174 cm³/mol. The first kappa shape index (κ1) is 30.6. The maximum atomic E-state index is 11.9. The molecule has 3 aromatic carbocycles. The summed E-state index contributed by atoms with van der Waals surface area (Å²) in [6.45, 7) is 2.19. The number of hydrogen-bond donors (Lipinski definition) is 5. The lowest BCUT2D eigenvalue weighted by Crippen LogP contribution is -2.29. The number of carbonyl (C=O) groups excluding carboxylic acids is 1. The standard InChI is InChI=1S/C36H35N3O5S/c40-26-11-14-30-31(15-16-33(41)32(30)19-26)34(42)23-37-18-17-28-12-13-29(45-28)22-38-20-27-21-39-35(44-27)36(43,24-7-3-1-4-8-24)25-9-5-2-6-10-25/h1-16,21,34,37-38,41-43H,17-20,22-23H2/t34-/m1/s1. The zero-order chi connectivity index (χ0) is 31.2. The Labute approximate surface area is 265 Å². The van der Waals surface area contributed by atoms with E-state index in [1.54, 1.807) is 35.7 Å². The fraction of sp³-hybridized carbons (Fsp3) is 0.222. The molecule has 0 unspecified atom stereocenters. The lowest BCUT2D eigenvalue weighted by Gasteiger charge is -2.26. The van der Waals surface area contributed by atoms with E-state index in [-0.39, 0.29) is 23.8 Å². The zero-order valence-electron chi connectivity index (χ0n) is 24.6. The Morgan fingerprint density at radius 1 is 0.889 bits per heavy atom. The number of ketones is 1. The average molecular weight is 622 g/mol. The van der Waals surface area contributed by atoms with Crippen LogP contribution in [0.2, 0.25) is 0 Å². The summed E-state index contributed by atoms with van der Waals surface area (Å²) in [5.41, 5.74) is 1.86. The molecule has 2 heterocycles. The molecule has 6 rings (SSSR count). The number of carbonyl (C=O) groups is 1. The highest BCUT2D eigenvalue weighted by Gasteiger charge is 2.38. The molecule has 0 bridgehead atoms. The van der Waals surface area contributed by atoms with Crippen molar-refractivity contribution in [3.05, 3.63) is 146 Å². The van der Waals surface area contributed by atoms with Crippen molar-refractivity contribution in [1.82, 2.24) is 15.6 Å². The molecule has 0 saturated heterocycles. The Kier molecular flexibility index (Phi) is 9.34. The van der Waals surface area contributed by atoms with Gasteiger partial charge in [0.2, 0.25) is 5.89 Å². The van der Waals surface area contributed by atoms with Crippen LogP contribution in [0.4, 0.5) is 0 Å². The number of oxazole rings is 1. The van der Waals surface area contributed by atoms with E-state index in [4.69, 9.17) is 4.42 Å². The van der Waals surface area contributed by atoms with Crippen LogP contribution in [0.3, 0.4) is 0 Å². The Hall–Kier alpha value is -4.38. The molecule has 0 fully saturated rings. The molecule has 1 aliphatic rings. The van der Waals surface area contributed by atoms with E-state index in [1.165, 1.54) is 15.8 Å². The number of phenolic OH excluding ortho intramolecular Hbond substituents is 1. The van der Waals surface area contributed by atoms with E-state index in [0.717, 1.165) is 12.0 Å². The van der Waals surface area contributed by atoms with Crippen LogP contribution in [-0.2, 0) is 36.3 Å². The van der Waals surface area contributed by atoms with Gasteiger partial charge in [0.05, 0.1) is 18.8 Å². The fourth-order valence-electron chi connectivity index (χ4n) is 5.60. The van der Waals surface area contributed by atoms with Gasteiger partial charge in [0, 0.05) is 41.4 Å². The highest BCUT2D eigenvalue weighted by Crippen LogP contribution is 2.36. The molecule has 0 aliphatic heterocycles. The molecule has 1 atom stereocenters. The maximum Gasteiger partial charge on any atom is 0.236 e. The summed E-state index contributed by atoms with van der Waals surface area (Å²) in [7, 11) is 0. The topological polar surface area (TPSA) is 128 Å². The average Bonchev–Trinajstić information content (AvgIpc) is 3.74. The molecule has 9 heteroatoms. The van der Waals surface area contributed by atoms with E-state index < -0.39 is 11.7 Å². The SMILES string of the molecule is O=C1C=Cc2c([C@H](O)CNCCc3ccc(CNCc4cnc(C(O)(c5ccccc5)c5ccccc5)o4)s3)ccc(O)c2C1. The molecule has 45 heavy (non-hydrogen) atoms. The van der Waals surface area contributed by atoms with Crippen LogP contribution in [0.25, 0.3) is 6.08 Å². The fourth-order valence-corrected chi connectivity index (χ4v) is 6.59. The molecule has 5 aromatic rings. The van der Waals surface area contributed by atoms with Crippen molar-refractivity contribution in [2.75, 3.05) is 13.1 Å². The minimum atomic E-state index is -1.51. The molecular weight excluding hydrogens is 586 g/mol. The Bertz CT molecular complexity index is 1740. The first-order valence-electron chi connectivity index (χ1n) is 14.9. The van der Waals surface area contributed by atoms with Crippen LogP contribution in [0.5, 0.6) is 5.75 Å². The first-order chi connectivity index (χ1) is 21.9. The molecule has 2 aromatic heterocycles. The highest BCUT2D eigenvalue weighted by atomic mass is 32.1. The summed E-state index contributed by atoms with van der Waals surface area (Å²) in [6, 6.07) is 26.3. The molecule has 5 N–H and O–H groups in total. The van der Waals surface area contributed by atoms with E-state index >= 15 is 0 Å². The number of benzene rings is 3. The number of aromatic hydroxyl groups is 1. The van der Waals surface area contributed by atoms with E-state index in [0.29, 0.717) is 54.2 Å². The number of fused-ring (bicyclic) bond motifs is 1. The number of aliphatic hydroxyl groups excluding tert-OH is 1. The van der Waals surface area contributed by atoms with Crippen molar-refractivity contribution in [3.63, 3.8) is 0 Å². The maximum absolute atomic E-state index is 11.9. The molecule has 0 saturated carbocycles. The summed E-state index contributed by atoms with van der Waals surface area (Å²) < 4.78 is 6.08. The van der Waals surface area contributed by atoms with Crippen LogP contribution in [0.15, 0.2) is 102 Å². The summed E-state index contributed by atoms with van der Waals surface area (Å²) >= 11 is 1.73. The normalized spacial score (nSPS) is 13.6. The van der Waals surface area contributed by atoms with Crippen LogP contribution >= 0.6 is 11.3 Å². The van der Waals surface area contributed by atoms with Crippen LogP contribution in [-0.4, -0.2) is 39.2 Å². The van der Waals surface area contributed by atoms with Gasteiger partial charge >= 0.3 is 0 Å². The quantitative estimate of drug-likeness (QED) is 0.116. The molecule has 230 valence electrons. The van der Waals surface area contributed by atoms with Crippen LogP contribution in [0, 0.1) is 0 Å². The van der Waals surface area contributed by atoms with Gasteiger partial charge < -0.3 is 30.4 Å². The lowest BCUT2D eigenvalue weighted by atomic mass is 9.86. The molecule has 0 spiro atoms. The van der Waals surface area contributed by atoms with Gasteiger partial charge in [-0.3, -0.25) is 4.79 Å². The smallest absolute Gasteiger partial charge is 0.236 e. The van der Waals surface area contributed by atoms with Gasteiger partial charge in [-0.1, -0.05) is 72.8 Å². The van der Waals surface area contributed by atoms with Crippen molar-refractivity contribution in [1.29, 1.82) is 0 Å². The minimum Gasteiger partial charge on any atom is -0.508 e. The predicted octanol–water partition coefficient (Wildman–Crippen LogP) is 5.02. The van der Waals surface area contributed by atoms with Gasteiger partial charge in [-0.05, 0) is 52.9 Å². The first-order valence-corrected chi connectivity index (χ1v) is 15.7. The van der Waals surface area contributed by atoms with Crippen molar-refractivity contribution in [3.8, 4) is 5.75 Å². The van der Waals surface area contributed by atoms with E-state index in [2.05, 4.69) is 27.8 Å². The number of hydrogen-bond acceptors (Lipinski definition) is 9. The molecular formula is C36H35N3O5S. The van der Waals surface area contributed by atoms with Crippen molar-refractivity contribution < 1.29 is 24.5 Å². The Morgan fingerprint density at radius 2 is 1.60 bits per heavy atom. The molecule has 0 radical (unpaired) electrons. The number of rotatable bonds is 13. The number of allylic oxidation sites excluding steroid dienone is 1. The monoisotopic (exact) mass is 621 g/mol. The summed E-state index contributed by atoms with van der Waals surface area (Å²) in [5.74, 6) is 0.880. The number of nitrogens with zero attached hydrogens (tertiary/aromatic N) is 1. The Balaban J connectivity index is 0.991. The van der Waals surface area contributed by atoms with Crippen LogP contribution < -0.4 is 10.6 Å². The largest absolute Gasteiger partial charge is 0.508 e. The van der Waals surface area contributed by atoms with E-state index in [9.17, 15) is 20.1 Å².